The van der Waals surface area contributed by atoms with Crippen LogP contribution in [-0.2, 0) is 12.0 Å². The van der Waals surface area contributed by atoms with E-state index < -0.39 is 0 Å². The van der Waals surface area contributed by atoms with Crippen molar-refractivity contribution < 1.29 is 4.52 Å². The lowest BCUT2D eigenvalue weighted by Crippen LogP contribution is -2.30. The van der Waals surface area contributed by atoms with E-state index in [2.05, 4.69) is 52.9 Å². The highest BCUT2D eigenvalue weighted by atomic mass is 16.5. The van der Waals surface area contributed by atoms with Crippen LogP contribution < -0.4 is 5.32 Å². The van der Waals surface area contributed by atoms with Crippen LogP contribution in [0.1, 0.15) is 94.4 Å². The fourth-order valence-electron chi connectivity index (χ4n) is 3.61. The van der Waals surface area contributed by atoms with Gasteiger partial charge >= 0.3 is 0 Å². The normalized spacial score (nSPS) is 22.4. The molecule has 6 nitrogen and oxygen atoms in total. The van der Waals surface area contributed by atoms with Gasteiger partial charge < -0.3 is 4.52 Å². The molecular formula is C18H27N5O. The molecule has 0 amide bonds. The summed E-state index contributed by atoms with van der Waals surface area (Å²) in [7, 11) is 0. The first-order chi connectivity index (χ1) is 11.4. The van der Waals surface area contributed by atoms with Crippen LogP contribution in [0.25, 0.3) is 0 Å². The van der Waals surface area contributed by atoms with Gasteiger partial charge in [-0.05, 0) is 59.8 Å². The van der Waals surface area contributed by atoms with E-state index in [9.17, 15) is 0 Å². The van der Waals surface area contributed by atoms with Crippen molar-refractivity contribution in [2.75, 3.05) is 0 Å². The second kappa shape index (κ2) is 5.69. The van der Waals surface area contributed by atoms with Gasteiger partial charge in [0.05, 0.1) is 17.8 Å². The van der Waals surface area contributed by atoms with Gasteiger partial charge in [0.2, 0.25) is 5.89 Å². The van der Waals surface area contributed by atoms with E-state index in [0.717, 1.165) is 18.7 Å². The smallest absolute Gasteiger partial charge is 0.243 e. The molecule has 2 heterocycles. The SMILES string of the molecule is C[C@@H](N[C@H]1CCCc2c1cnn2C(C)(C)C)c1nc(C2CC2)no1. The minimum Gasteiger partial charge on any atom is -0.338 e. The van der Waals surface area contributed by atoms with Crippen LogP contribution in [0.15, 0.2) is 10.7 Å². The average molecular weight is 329 g/mol. The Hall–Kier alpha value is -1.69. The molecule has 24 heavy (non-hydrogen) atoms. The Kier molecular flexibility index (Phi) is 3.75. The molecular weight excluding hydrogens is 302 g/mol. The zero-order chi connectivity index (χ0) is 16.9. The standard InChI is InChI=1S/C18H27N5O/c1-11(17-21-16(22-24-17)12-8-9-12)20-14-6-5-7-15-13(14)10-19-23(15)18(2,3)4/h10-12,14,20H,5-9H2,1-4H3/t11-,14+/m1/s1. The molecule has 0 aliphatic heterocycles. The van der Waals surface area contributed by atoms with Crippen LogP contribution in [0.5, 0.6) is 0 Å². The summed E-state index contributed by atoms with van der Waals surface area (Å²) >= 11 is 0. The van der Waals surface area contributed by atoms with Crippen LogP contribution in [0.3, 0.4) is 0 Å². The van der Waals surface area contributed by atoms with Gasteiger partial charge in [0.1, 0.15) is 0 Å². The molecule has 2 aromatic heterocycles. The fraction of sp³-hybridized carbons (Fsp3) is 0.722. The van der Waals surface area contributed by atoms with E-state index >= 15 is 0 Å². The van der Waals surface area contributed by atoms with Crippen LogP contribution in [0, 0.1) is 0 Å². The second-order valence-corrected chi connectivity index (χ2v) is 8.23. The Morgan fingerprint density at radius 1 is 1.29 bits per heavy atom. The first kappa shape index (κ1) is 15.8. The van der Waals surface area contributed by atoms with E-state index in [1.807, 2.05) is 6.20 Å². The molecule has 0 unspecified atom stereocenters. The Labute approximate surface area is 143 Å². The Morgan fingerprint density at radius 2 is 2.08 bits per heavy atom. The maximum atomic E-state index is 5.47. The third-order valence-electron chi connectivity index (χ3n) is 5.04. The lowest BCUT2D eigenvalue weighted by molar-refractivity contribution is 0.305. The monoisotopic (exact) mass is 329 g/mol. The van der Waals surface area contributed by atoms with Gasteiger partial charge in [-0.1, -0.05) is 5.16 Å². The van der Waals surface area contributed by atoms with Gasteiger partial charge in [-0.25, -0.2) is 0 Å². The van der Waals surface area contributed by atoms with Gasteiger partial charge in [0.25, 0.3) is 0 Å². The highest BCUT2D eigenvalue weighted by Crippen LogP contribution is 2.39. The van der Waals surface area contributed by atoms with Crippen molar-refractivity contribution in [1.29, 1.82) is 0 Å². The number of fused-ring (bicyclic) bond motifs is 1. The topological polar surface area (TPSA) is 68.8 Å². The van der Waals surface area contributed by atoms with Gasteiger partial charge in [-0.15, -0.1) is 0 Å². The summed E-state index contributed by atoms with van der Waals surface area (Å²) in [5.74, 6) is 2.11. The summed E-state index contributed by atoms with van der Waals surface area (Å²) in [4.78, 5) is 4.58. The quantitative estimate of drug-likeness (QED) is 0.927. The summed E-state index contributed by atoms with van der Waals surface area (Å²) in [5.41, 5.74) is 2.71. The highest BCUT2D eigenvalue weighted by molar-refractivity contribution is 5.26. The molecule has 0 aromatic carbocycles. The summed E-state index contributed by atoms with van der Waals surface area (Å²) in [6, 6.07) is 0.357. The van der Waals surface area contributed by atoms with Crippen LogP contribution >= 0.6 is 0 Å². The Balaban J connectivity index is 1.52. The van der Waals surface area contributed by atoms with Crippen LogP contribution in [0.4, 0.5) is 0 Å². The molecule has 0 radical (unpaired) electrons. The first-order valence-corrected chi connectivity index (χ1v) is 9.10. The molecule has 6 heteroatoms. The maximum Gasteiger partial charge on any atom is 0.243 e. The minimum absolute atomic E-state index is 0.0206. The van der Waals surface area contributed by atoms with Crippen molar-refractivity contribution >= 4 is 0 Å². The summed E-state index contributed by atoms with van der Waals surface area (Å²) in [6.45, 7) is 8.72. The zero-order valence-electron chi connectivity index (χ0n) is 15.0. The van der Waals surface area contributed by atoms with Crippen molar-refractivity contribution in [2.24, 2.45) is 0 Å². The average Bonchev–Trinajstić information content (AvgIpc) is 3.09. The summed E-state index contributed by atoms with van der Waals surface area (Å²) < 4.78 is 7.65. The number of nitrogens with one attached hydrogen (secondary N) is 1. The lowest BCUT2D eigenvalue weighted by Gasteiger charge is -2.29. The molecule has 2 aromatic rings. The van der Waals surface area contributed by atoms with Crippen molar-refractivity contribution in [3.63, 3.8) is 0 Å². The number of rotatable bonds is 4. The molecule has 2 aliphatic rings. The summed E-state index contributed by atoms with van der Waals surface area (Å²) in [6.07, 6.45) is 7.82. The van der Waals surface area contributed by atoms with Crippen LogP contribution in [0.2, 0.25) is 0 Å². The van der Waals surface area contributed by atoms with E-state index in [4.69, 9.17) is 4.52 Å². The lowest BCUT2D eigenvalue weighted by atomic mass is 9.91. The second-order valence-electron chi connectivity index (χ2n) is 8.23. The number of hydrogen-bond donors (Lipinski definition) is 1. The molecule has 130 valence electrons. The maximum absolute atomic E-state index is 5.47. The predicted molar refractivity (Wildman–Crippen MR) is 90.7 cm³/mol. The number of aromatic nitrogens is 4. The molecule has 1 saturated carbocycles. The van der Waals surface area contributed by atoms with Crippen molar-refractivity contribution in [1.82, 2.24) is 25.2 Å². The molecule has 0 spiro atoms. The molecule has 2 aliphatic carbocycles. The molecule has 1 fully saturated rings. The van der Waals surface area contributed by atoms with Gasteiger partial charge in [-0.3, -0.25) is 10.00 Å². The van der Waals surface area contributed by atoms with E-state index in [0.29, 0.717) is 17.9 Å². The third-order valence-corrected chi connectivity index (χ3v) is 5.04. The largest absolute Gasteiger partial charge is 0.338 e. The van der Waals surface area contributed by atoms with Crippen molar-refractivity contribution in [2.45, 2.75) is 83.3 Å². The van der Waals surface area contributed by atoms with Gasteiger partial charge in [0, 0.05) is 23.2 Å². The van der Waals surface area contributed by atoms with Gasteiger partial charge in [-0.2, -0.15) is 10.1 Å². The molecule has 1 N–H and O–H groups in total. The number of nitrogens with zero attached hydrogens (tertiary/aromatic N) is 4. The van der Waals surface area contributed by atoms with E-state index in [1.165, 1.54) is 30.5 Å². The third kappa shape index (κ3) is 2.88. The fourth-order valence-corrected chi connectivity index (χ4v) is 3.61. The van der Waals surface area contributed by atoms with Crippen molar-refractivity contribution in [3.8, 4) is 0 Å². The molecule has 2 atom stereocenters. The molecule has 4 rings (SSSR count). The predicted octanol–water partition coefficient (Wildman–Crippen LogP) is 3.63. The molecule has 0 bridgehead atoms. The van der Waals surface area contributed by atoms with E-state index in [1.54, 1.807) is 0 Å². The van der Waals surface area contributed by atoms with Gasteiger partial charge in [0.15, 0.2) is 5.82 Å². The van der Waals surface area contributed by atoms with Crippen molar-refractivity contribution in [3.05, 3.63) is 29.2 Å². The highest BCUT2D eigenvalue weighted by Gasteiger charge is 2.32. The Bertz CT molecular complexity index is 722. The number of hydrogen-bond acceptors (Lipinski definition) is 5. The zero-order valence-corrected chi connectivity index (χ0v) is 15.0. The summed E-state index contributed by atoms with van der Waals surface area (Å²) in [5, 5.41) is 12.5. The Morgan fingerprint density at radius 3 is 2.79 bits per heavy atom. The minimum atomic E-state index is 0.0206. The van der Waals surface area contributed by atoms with Crippen LogP contribution in [-0.4, -0.2) is 19.9 Å². The molecule has 0 saturated heterocycles. The first-order valence-electron chi connectivity index (χ1n) is 9.10. The van der Waals surface area contributed by atoms with E-state index in [-0.39, 0.29) is 11.6 Å².